The Morgan fingerprint density at radius 3 is 2.34 bits per heavy atom. The summed E-state index contributed by atoms with van der Waals surface area (Å²) in [6.45, 7) is 2.68. The fraction of sp³-hybridized carbons (Fsp3) is 0.154. The molecule has 1 amide bonds. The molecular weight excluding hydrogens is 474 g/mol. The molecule has 0 saturated carbocycles. The second-order valence-corrected chi connectivity index (χ2v) is 8.34. The van der Waals surface area contributed by atoms with Gasteiger partial charge in [0.25, 0.3) is 5.76 Å². The fourth-order valence-corrected chi connectivity index (χ4v) is 3.88. The third kappa shape index (κ3) is 6.10. The number of carbonyl (C=O) groups excluding carboxylic acids is 1. The lowest BCUT2D eigenvalue weighted by Crippen LogP contribution is -2.83. The Morgan fingerprint density at radius 1 is 1.03 bits per heavy atom. The van der Waals surface area contributed by atoms with E-state index in [9.17, 15) is 13.6 Å². The monoisotopic (exact) mass is 497 g/mol. The molecule has 1 aliphatic heterocycles. The van der Waals surface area contributed by atoms with E-state index >= 15 is 0 Å². The highest BCUT2D eigenvalue weighted by atomic mass is 35.5. The summed E-state index contributed by atoms with van der Waals surface area (Å²) in [7, 11) is 0. The van der Waals surface area contributed by atoms with Crippen LogP contribution in [0.15, 0.2) is 78.2 Å². The molecule has 3 aromatic carbocycles. The van der Waals surface area contributed by atoms with Gasteiger partial charge in [0.2, 0.25) is 0 Å². The van der Waals surface area contributed by atoms with E-state index < -0.39 is 17.5 Å². The first-order valence-electron chi connectivity index (χ1n) is 11.0. The lowest BCUT2D eigenvalue weighted by atomic mass is 10.1. The van der Waals surface area contributed by atoms with E-state index in [2.05, 4.69) is 5.32 Å². The van der Waals surface area contributed by atoms with Crippen LogP contribution >= 0.6 is 11.6 Å². The van der Waals surface area contributed by atoms with Gasteiger partial charge in [-0.3, -0.25) is 0 Å². The number of benzene rings is 3. The Kier molecular flexibility index (Phi) is 7.87. The van der Waals surface area contributed by atoms with Crippen molar-refractivity contribution in [1.29, 1.82) is 5.41 Å². The van der Waals surface area contributed by atoms with Crippen LogP contribution in [-0.4, -0.2) is 43.2 Å². The Labute approximate surface area is 206 Å². The molecule has 0 spiro atoms. The zero-order valence-corrected chi connectivity index (χ0v) is 19.5. The van der Waals surface area contributed by atoms with Crippen molar-refractivity contribution in [3.8, 4) is 16.9 Å². The van der Waals surface area contributed by atoms with E-state index in [-0.39, 0.29) is 11.3 Å². The van der Waals surface area contributed by atoms with E-state index in [1.54, 1.807) is 48.5 Å². The summed E-state index contributed by atoms with van der Waals surface area (Å²) in [6.07, 6.45) is 1.12. The summed E-state index contributed by atoms with van der Waals surface area (Å²) in [5.74, 6) is -1.37. The highest BCUT2D eigenvalue weighted by molar-refractivity contribution is 6.30. The third-order valence-corrected chi connectivity index (χ3v) is 5.79. The van der Waals surface area contributed by atoms with Crippen molar-refractivity contribution in [1.82, 2.24) is 10.2 Å². The summed E-state index contributed by atoms with van der Waals surface area (Å²) in [5, 5.41) is 13.2. The maximum absolute atomic E-state index is 14.2. The minimum atomic E-state index is -0.670. The Bertz CT molecular complexity index is 1240. The van der Waals surface area contributed by atoms with E-state index in [1.807, 2.05) is 4.90 Å². The van der Waals surface area contributed by atoms with E-state index in [1.165, 1.54) is 17.4 Å². The third-order valence-electron chi connectivity index (χ3n) is 5.53. The minimum Gasteiger partial charge on any atom is -0.446 e. The number of allylic oxidation sites excluding steroid dienone is 1. The summed E-state index contributed by atoms with van der Waals surface area (Å²) in [5.41, 5.74) is 1.80. The first-order chi connectivity index (χ1) is 16.9. The molecule has 3 aromatic rings. The van der Waals surface area contributed by atoms with Gasteiger partial charge in [-0.05, 0) is 42.0 Å². The number of quaternary nitrogens is 1. The lowest BCUT2D eigenvalue weighted by Gasteiger charge is -2.30. The number of halogens is 3. The first kappa shape index (κ1) is 24.5. The zero-order chi connectivity index (χ0) is 24.8. The number of rotatable bonds is 7. The van der Waals surface area contributed by atoms with E-state index in [4.69, 9.17) is 21.7 Å². The van der Waals surface area contributed by atoms with Gasteiger partial charge in [0, 0.05) is 61.2 Å². The highest BCUT2D eigenvalue weighted by Gasteiger charge is 2.26. The molecule has 0 unspecified atom stereocenters. The molecule has 0 aromatic heterocycles. The van der Waals surface area contributed by atoms with Gasteiger partial charge in [0.1, 0.15) is 28.8 Å². The summed E-state index contributed by atoms with van der Waals surface area (Å²) >= 11 is 5.95. The summed E-state index contributed by atoms with van der Waals surface area (Å²) in [4.78, 5) is 15.2. The summed E-state index contributed by atoms with van der Waals surface area (Å²) < 4.78 is 33.4. The van der Waals surface area contributed by atoms with Crippen molar-refractivity contribution in [3.63, 3.8) is 0 Å². The van der Waals surface area contributed by atoms with Gasteiger partial charge < -0.3 is 20.4 Å². The van der Waals surface area contributed by atoms with Crippen molar-refractivity contribution < 1.29 is 23.6 Å². The molecule has 1 heterocycles. The molecule has 1 saturated heterocycles. The van der Waals surface area contributed by atoms with Gasteiger partial charge >= 0.3 is 5.91 Å². The molecule has 1 fully saturated rings. The average Bonchev–Trinajstić information content (AvgIpc) is 2.86. The number of primary amides is 1. The number of carbonyl (C=O) groups is 1. The van der Waals surface area contributed by atoms with Crippen LogP contribution in [0.25, 0.3) is 11.1 Å². The van der Waals surface area contributed by atoms with Gasteiger partial charge in [-0.15, -0.1) is 0 Å². The topological polar surface area (TPSA) is 82.0 Å². The highest BCUT2D eigenvalue weighted by Crippen LogP contribution is 2.27. The molecule has 0 bridgehead atoms. The van der Waals surface area contributed by atoms with Crippen LogP contribution in [0.2, 0.25) is 5.02 Å². The molecule has 0 aliphatic carbocycles. The Hall–Kier alpha value is -3.59. The fourth-order valence-electron chi connectivity index (χ4n) is 3.75. The predicted octanol–water partition coefficient (Wildman–Crippen LogP) is 3.85. The molecule has 6 nitrogen and oxygen atoms in total. The van der Waals surface area contributed by atoms with Crippen LogP contribution in [0.4, 0.5) is 14.5 Å². The second-order valence-electron chi connectivity index (χ2n) is 7.91. The molecule has 0 atom stereocenters. The SMILES string of the molecule is N=C/C(=C(/Oc1ccc(-c2ccc(F)cc2F)cc1)C(=O)[NH2+]c1ccc(Cl)cc1)N1CCNCC1. The van der Waals surface area contributed by atoms with Crippen molar-refractivity contribution in [3.05, 3.63) is 94.8 Å². The van der Waals surface area contributed by atoms with Gasteiger partial charge in [-0.1, -0.05) is 23.7 Å². The predicted molar refractivity (Wildman–Crippen MR) is 131 cm³/mol. The van der Waals surface area contributed by atoms with Crippen LogP contribution in [0.5, 0.6) is 5.75 Å². The number of piperazine rings is 1. The molecular formula is C26H24ClF2N4O2+. The van der Waals surface area contributed by atoms with Crippen LogP contribution in [0.3, 0.4) is 0 Å². The number of ether oxygens (including phenoxy) is 1. The molecule has 4 rings (SSSR count). The first-order valence-corrected chi connectivity index (χ1v) is 11.4. The molecule has 4 N–H and O–H groups in total. The Morgan fingerprint density at radius 2 is 1.71 bits per heavy atom. The van der Waals surface area contributed by atoms with E-state index in [0.29, 0.717) is 40.8 Å². The van der Waals surface area contributed by atoms with E-state index in [0.717, 1.165) is 25.4 Å². The lowest BCUT2D eigenvalue weighted by molar-refractivity contribution is -0.481. The minimum absolute atomic E-state index is 0.0116. The van der Waals surface area contributed by atoms with Gasteiger partial charge in [-0.25, -0.2) is 18.9 Å². The second kappa shape index (κ2) is 11.2. The summed E-state index contributed by atoms with van der Waals surface area (Å²) in [6, 6.07) is 16.7. The Balaban J connectivity index is 1.64. The normalized spacial score (nSPS) is 14.3. The number of amides is 1. The van der Waals surface area contributed by atoms with Gasteiger partial charge in [-0.2, -0.15) is 0 Å². The molecule has 9 heteroatoms. The number of nitrogens with zero attached hydrogens (tertiary/aromatic N) is 1. The molecule has 0 radical (unpaired) electrons. The number of nitrogens with two attached hydrogens (primary N) is 1. The van der Waals surface area contributed by atoms with Crippen LogP contribution in [-0.2, 0) is 4.79 Å². The maximum atomic E-state index is 14.2. The molecule has 1 aliphatic rings. The number of nitrogens with one attached hydrogen (secondary N) is 2. The number of hydrogen-bond acceptors (Lipinski definition) is 5. The maximum Gasteiger partial charge on any atom is 0.385 e. The average molecular weight is 498 g/mol. The van der Waals surface area contributed by atoms with Gasteiger partial charge in [0.05, 0.1) is 0 Å². The van der Waals surface area contributed by atoms with Crippen molar-refractivity contribution in [2.45, 2.75) is 0 Å². The standard InChI is InChI=1S/C26H23ClF2N4O2/c27-18-3-6-20(7-4-18)32-26(34)25(24(16-30)33-13-11-31-12-14-33)35-21-8-1-17(2-9-21)22-10-5-19(28)15-23(22)29/h1-10,15-16,30-31H,11-14H2,(H,32,34)/p+1/b25-24-,30-16?. The number of hydrogen-bond donors (Lipinski definition) is 3. The van der Waals surface area contributed by atoms with Crippen molar-refractivity contribution in [2.75, 3.05) is 26.2 Å². The van der Waals surface area contributed by atoms with Crippen molar-refractivity contribution in [2.24, 2.45) is 0 Å². The molecule has 35 heavy (non-hydrogen) atoms. The largest absolute Gasteiger partial charge is 0.446 e. The smallest absolute Gasteiger partial charge is 0.385 e. The zero-order valence-electron chi connectivity index (χ0n) is 18.7. The van der Waals surface area contributed by atoms with Gasteiger partial charge in [0.15, 0.2) is 0 Å². The van der Waals surface area contributed by atoms with Crippen LogP contribution in [0.1, 0.15) is 0 Å². The van der Waals surface area contributed by atoms with Crippen molar-refractivity contribution >= 4 is 29.4 Å². The quantitative estimate of drug-likeness (QED) is 0.200. The van der Waals surface area contributed by atoms with Crippen LogP contribution < -0.4 is 15.4 Å². The molecule has 180 valence electrons. The van der Waals surface area contributed by atoms with Crippen LogP contribution in [0, 0.1) is 17.0 Å².